The molecule has 2 rings (SSSR count). The number of halogens is 1. The Hall–Kier alpha value is -0.380. The van der Waals surface area contributed by atoms with Crippen molar-refractivity contribution in [3.63, 3.8) is 0 Å². The van der Waals surface area contributed by atoms with Crippen LogP contribution in [0.5, 0.6) is 0 Å². The molecular formula is C11H12BrNS. The Labute approximate surface area is 96.1 Å². The lowest BCUT2D eigenvalue weighted by Gasteiger charge is -2.02. The highest BCUT2D eigenvalue weighted by Crippen LogP contribution is 2.31. The summed E-state index contributed by atoms with van der Waals surface area (Å²) in [5, 5.41) is 1.29. The van der Waals surface area contributed by atoms with Crippen LogP contribution >= 0.6 is 27.3 Å². The molecule has 0 aliphatic heterocycles. The van der Waals surface area contributed by atoms with Gasteiger partial charge in [0.15, 0.2) is 0 Å². The summed E-state index contributed by atoms with van der Waals surface area (Å²) in [6.45, 7) is 2.12. The van der Waals surface area contributed by atoms with Crippen LogP contribution in [0.25, 0.3) is 10.1 Å². The molecule has 0 saturated carbocycles. The van der Waals surface area contributed by atoms with Gasteiger partial charge in [-0.2, -0.15) is 0 Å². The molecule has 2 N–H and O–H groups in total. The van der Waals surface area contributed by atoms with Gasteiger partial charge in [-0.3, -0.25) is 0 Å². The minimum atomic E-state index is 0.186. The van der Waals surface area contributed by atoms with Gasteiger partial charge in [0.25, 0.3) is 0 Å². The molecule has 0 fully saturated rings. The lowest BCUT2D eigenvalue weighted by molar-refractivity contribution is 0.712. The summed E-state index contributed by atoms with van der Waals surface area (Å²) in [5.74, 6) is 0. The minimum Gasteiger partial charge on any atom is -0.323 e. The Morgan fingerprint density at radius 2 is 2.21 bits per heavy atom. The van der Waals surface area contributed by atoms with Crippen molar-refractivity contribution in [1.82, 2.24) is 0 Å². The molecule has 0 bridgehead atoms. The van der Waals surface area contributed by atoms with Crippen LogP contribution in [0.2, 0.25) is 0 Å². The summed E-state index contributed by atoms with van der Waals surface area (Å²) in [7, 11) is 0. The van der Waals surface area contributed by atoms with E-state index in [1.54, 1.807) is 11.3 Å². The predicted molar refractivity (Wildman–Crippen MR) is 66.7 cm³/mol. The first-order valence-corrected chi connectivity index (χ1v) is 6.26. The molecule has 1 aromatic heterocycles. The maximum Gasteiger partial charge on any atom is 0.0387 e. The van der Waals surface area contributed by atoms with E-state index in [-0.39, 0.29) is 6.04 Å². The average molecular weight is 270 g/mol. The zero-order chi connectivity index (χ0) is 10.1. The van der Waals surface area contributed by atoms with Crippen molar-refractivity contribution < 1.29 is 0 Å². The van der Waals surface area contributed by atoms with Crippen LogP contribution in [-0.4, -0.2) is 0 Å². The molecule has 1 atom stereocenters. The molecule has 0 aliphatic rings. The van der Waals surface area contributed by atoms with Gasteiger partial charge in [0, 0.05) is 20.1 Å². The van der Waals surface area contributed by atoms with Crippen molar-refractivity contribution >= 4 is 37.4 Å². The van der Waals surface area contributed by atoms with Crippen LogP contribution in [0.3, 0.4) is 0 Å². The van der Waals surface area contributed by atoms with Crippen LogP contribution in [0.1, 0.15) is 24.3 Å². The predicted octanol–water partition coefficient (Wildman–Crippen LogP) is 4.07. The maximum absolute atomic E-state index is 5.99. The summed E-state index contributed by atoms with van der Waals surface area (Å²) >= 11 is 5.26. The zero-order valence-corrected chi connectivity index (χ0v) is 10.4. The van der Waals surface area contributed by atoms with Gasteiger partial charge in [0.2, 0.25) is 0 Å². The molecule has 0 aliphatic carbocycles. The third kappa shape index (κ3) is 1.85. The number of nitrogens with two attached hydrogens (primary N) is 1. The molecule has 0 unspecified atom stereocenters. The molecule has 0 spiro atoms. The van der Waals surface area contributed by atoms with Crippen molar-refractivity contribution in [3.05, 3.63) is 33.6 Å². The quantitative estimate of drug-likeness (QED) is 0.874. The normalized spacial score (nSPS) is 13.4. The summed E-state index contributed by atoms with van der Waals surface area (Å²) < 4.78 is 2.43. The zero-order valence-electron chi connectivity index (χ0n) is 7.96. The largest absolute Gasteiger partial charge is 0.323 e. The third-order valence-corrected chi connectivity index (χ3v) is 4.03. The first-order chi connectivity index (χ1) is 6.70. The van der Waals surface area contributed by atoms with Crippen molar-refractivity contribution in [2.24, 2.45) is 5.73 Å². The molecule has 3 heteroatoms. The number of fused-ring (bicyclic) bond motifs is 1. The van der Waals surface area contributed by atoms with E-state index in [1.807, 2.05) is 0 Å². The van der Waals surface area contributed by atoms with Crippen molar-refractivity contribution in [1.29, 1.82) is 0 Å². The molecule has 2 aromatic rings. The molecule has 1 aromatic carbocycles. The van der Waals surface area contributed by atoms with E-state index in [9.17, 15) is 0 Å². The Morgan fingerprint density at radius 3 is 2.93 bits per heavy atom. The van der Waals surface area contributed by atoms with Crippen LogP contribution in [0.4, 0.5) is 0 Å². The van der Waals surface area contributed by atoms with Crippen LogP contribution in [-0.2, 0) is 0 Å². The van der Waals surface area contributed by atoms with E-state index < -0.39 is 0 Å². The molecule has 1 nitrogen and oxygen atoms in total. The fraction of sp³-hybridized carbons (Fsp3) is 0.273. The van der Waals surface area contributed by atoms with Crippen LogP contribution in [0, 0.1) is 0 Å². The van der Waals surface area contributed by atoms with E-state index in [0.717, 1.165) is 10.9 Å². The molecule has 74 valence electrons. The van der Waals surface area contributed by atoms with E-state index >= 15 is 0 Å². The Bertz CT molecular complexity index is 449. The second kappa shape index (κ2) is 4.01. The molecular weight excluding hydrogens is 258 g/mol. The molecule has 1 heterocycles. The lowest BCUT2D eigenvalue weighted by Crippen LogP contribution is -2.05. The summed E-state index contributed by atoms with van der Waals surface area (Å²) in [5.41, 5.74) is 5.99. The van der Waals surface area contributed by atoms with Gasteiger partial charge in [-0.05, 0) is 30.0 Å². The van der Waals surface area contributed by atoms with Crippen LogP contribution < -0.4 is 5.73 Å². The Morgan fingerprint density at radius 1 is 1.43 bits per heavy atom. The number of hydrogen-bond acceptors (Lipinski definition) is 2. The topological polar surface area (TPSA) is 26.0 Å². The van der Waals surface area contributed by atoms with E-state index in [2.05, 4.69) is 47.1 Å². The van der Waals surface area contributed by atoms with Crippen LogP contribution in [0.15, 0.2) is 28.7 Å². The lowest BCUT2D eigenvalue weighted by atomic mass is 10.2. The highest BCUT2D eigenvalue weighted by molar-refractivity contribution is 9.10. The second-order valence-corrected chi connectivity index (χ2v) is 5.38. The Balaban J connectivity index is 2.51. The first kappa shape index (κ1) is 10.1. The Kier molecular flexibility index (Phi) is 2.91. The third-order valence-electron chi connectivity index (χ3n) is 2.31. The molecule has 0 amide bonds. The van der Waals surface area contributed by atoms with E-state index in [0.29, 0.717) is 0 Å². The SMILES string of the molecule is CC[C@H](N)c1cc2ccc(Br)cc2s1. The summed E-state index contributed by atoms with van der Waals surface area (Å²) in [4.78, 5) is 1.28. The average Bonchev–Trinajstić information content (AvgIpc) is 2.59. The first-order valence-electron chi connectivity index (χ1n) is 4.65. The molecule has 0 radical (unpaired) electrons. The molecule has 0 saturated heterocycles. The van der Waals surface area contributed by atoms with Gasteiger partial charge in [-0.1, -0.05) is 28.9 Å². The summed E-state index contributed by atoms with van der Waals surface area (Å²) in [6, 6.07) is 8.72. The standard InChI is InChI=1S/C11H12BrNS/c1-2-9(13)11-5-7-3-4-8(12)6-10(7)14-11/h3-6,9H,2,13H2,1H3/t9-/m0/s1. The van der Waals surface area contributed by atoms with Gasteiger partial charge in [-0.15, -0.1) is 11.3 Å². The van der Waals surface area contributed by atoms with Gasteiger partial charge in [0.1, 0.15) is 0 Å². The smallest absolute Gasteiger partial charge is 0.0387 e. The number of benzene rings is 1. The number of thiophene rings is 1. The van der Waals surface area contributed by atoms with Gasteiger partial charge < -0.3 is 5.73 Å². The highest BCUT2D eigenvalue weighted by Gasteiger charge is 2.07. The number of hydrogen-bond donors (Lipinski definition) is 1. The summed E-state index contributed by atoms with van der Waals surface area (Å²) in [6.07, 6.45) is 0.994. The van der Waals surface area contributed by atoms with Gasteiger partial charge >= 0.3 is 0 Å². The van der Waals surface area contributed by atoms with E-state index in [4.69, 9.17) is 5.73 Å². The van der Waals surface area contributed by atoms with E-state index in [1.165, 1.54) is 15.0 Å². The fourth-order valence-electron chi connectivity index (χ4n) is 1.41. The fourth-order valence-corrected chi connectivity index (χ4v) is 3.11. The van der Waals surface area contributed by atoms with Gasteiger partial charge in [0.05, 0.1) is 0 Å². The van der Waals surface area contributed by atoms with Crippen molar-refractivity contribution in [2.45, 2.75) is 19.4 Å². The second-order valence-electron chi connectivity index (χ2n) is 3.35. The van der Waals surface area contributed by atoms with Gasteiger partial charge in [-0.25, -0.2) is 0 Å². The number of rotatable bonds is 2. The maximum atomic E-state index is 5.99. The van der Waals surface area contributed by atoms with Crippen molar-refractivity contribution in [3.8, 4) is 0 Å². The molecule has 14 heavy (non-hydrogen) atoms. The highest BCUT2D eigenvalue weighted by atomic mass is 79.9. The minimum absolute atomic E-state index is 0.186. The monoisotopic (exact) mass is 269 g/mol. The van der Waals surface area contributed by atoms with Crippen molar-refractivity contribution in [2.75, 3.05) is 0 Å².